The van der Waals surface area contributed by atoms with Crippen LogP contribution in [0, 0.1) is 23.7 Å². The van der Waals surface area contributed by atoms with Crippen molar-refractivity contribution >= 4 is 17.5 Å². The Hall–Kier alpha value is -2.05. The predicted octanol–water partition coefficient (Wildman–Crippen LogP) is 6.36. The van der Waals surface area contributed by atoms with Gasteiger partial charge < -0.3 is 10.0 Å². The van der Waals surface area contributed by atoms with Gasteiger partial charge in [0.15, 0.2) is 0 Å². The quantitative estimate of drug-likeness (QED) is 0.527. The maximum absolute atomic E-state index is 13.5. The van der Waals surface area contributed by atoms with E-state index in [-0.39, 0.29) is 17.9 Å². The Balaban J connectivity index is 1.16. The molecule has 1 amide bonds. The van der Waals surface area contributed by atoms with Gasteiger partial charge in [-0.3, -0.25) is 4.79 Å². The number of amides is 1. The summed E-state index contributed by atoms with van der Waals surface area (Å²) >= 11 is 6.56. The number of carbonyl (C=O) groups is 1. The third kappa shape index (κ3) is 4.17. The van der Waals surface area contributed by atoms with E-state index in [9.17, 15) is 23.1 Å². The molecule has 4 bridgehead atoms. The zero-order chi connectivity index (χ0) is 24.5. The molecule has 3 atom stereocenters. The monoisotopic (exact) mass is 503 g/mol. The summed E-state index contributed by atoms with van der Waals surface area (Å²) in [6.07, 6.45) is 1.74. The molecule has 3 unspecified atom stereocenters. The number of alkyl halides is 3. The molecule has 0 aromatic heterocycles. The molecule has 5 aliphatic rings. The van der Waals surface area contributed by atoms with Crippen LogP contribution in [0.5, 0.6) is 0 Å². The summed E-state index contributed by atoms with van der Waals surface area (Å²) in [6.45, 7) is 0.754. The molecule has 1 aliphatic heterocycles. The minimum Gasteiger partial charge on any atom is -0.390 e. The van der Waals surface area contributed by atoms with E-state index in [1.807, 2.05) is 6.07 Å². The predicted molar refractivity (Wildman–Crippen MR) is 128 cm³/mol. The van der Waals surface area contributed by atoms with Crippen LogP contribution in [0.2, 0.25) is 5.02 Å². The number of benzene rings is 2. The second kappa shape index (κ2) is 8.24. The van der Waals surface area contributed by atoms with Crippen molar-refractivity contribution in [2.75, 3.05) is 6.54 Å². The fourth-order valence-corrected chi connectivity index (χ4v) is 8.00. The van der Waals surface area contributed by atoms with Crippen LogP contribution < -0.4 is 0 Å². The molecular formula is C28H29ClF3NO2. The molecule has 3 nitrogen and oxygen atoms in total. The van der Waals surface area contributed by atoms with Gasteiger partial charge in [0.05, 0.1) is 11.2 Å². The Kier molecular flexibility index (Phi) is 5.50. The summed E-state index contributed by atoms with van der Waals surface area (Å²) in [5.74, 6) is 1.48. The number of carbonyl (C=O) groups excluding carboxylic acids is 1. The molecule has 186 valence electrons. The van der Waals surface area contributed by atoms with E-state index in [4.69, 9.17) is 11.6 Å². The number of hydrogen-bond acceptors (Lipinski definition) is 2. The average molecular weight is 504 g/mol. The Labute approximate surface area is 208 Å². The lowest BCUT2D eigenvalue weighted by Crippen LogP contribution is -2.62. The summed E-state index contributed by atoms with van der Waals surface area (Å²) in [6, 6.07) is 10.8. The van der Waals surface area contributed by atoms with Crippen LogP contribution in [-0.4, -0.2) is 34.1 Å². The van der Waals surface area contributed by atoms with Gasteiger partial charge in [0.1, 0.15) is 0 Å². The Morgan fingerprint density at radius 2 is 1.74 bits per heavy atom. The molecule has 4 aliphatic carbocycles. The van der Waals surface area contributed by atoms with Crippen molar-refractivity contribution < 1.29 is 23.1 Å². The van der Waals surface area contributed by atoms with Crippen molar-refractivity contribution in [3.05, 3.63) is 58.6 Å². The molecule has 7 heteroatoms. The SMILES string of the molecule is O=C1C(Cc2ccc(-c3cccc(C(F)(F)F)c3)cc2Cl)CCN1C1C2CC3CC1CC(O)(C3)C2. The number of aliphatic hydroxyl groups is 1. The van der Waals surface area contributed by atoms with Gasteiger partial charge in [0, 0.05) is 23.5 Å². The van der Waals surface area contributed by atoms with Crippen molar-refractivity contribution in [2.45, 2.75) is 62.8 Å². The zero-order valence-corrected chi connectivity index (χ0v) is 20.2. The van der Waals surface area contributed by atoms with Crippen molar-refractivity contribution in [1.82, 2.24) is 4.90 Å². The minimum absolute atomic E-state index is 0.132. The second-order valence-electron chi connectivity index (χ2n) is 11.3. The first-order chi connectivity index (χ1) is 16.6. The van der Waals surface area contributed by atoms with Crippen LogP contribution in [0.4, 0.5) is 13.2 Å². The van der Waals surface area contributed by atoms with Crippen LogP contribution in [-0.2, 0) is 17.4 Å². The van der Waals surface area contributed by atoms with Gasteiger partial charge in [-0.15, -0.1) is 0 Å². The molecule has 4 saturated carbocycles. The van der Waals surface area contributed by atoms with Gasteiger partial charge in [-0.25, -0.2) is 0 Å². The van der Waals surface area contributed by atoms with E-state index < -0.39 is 17.3 Å². The number of halogens is 4. The molecule has 5 fully saturated rings. The van der Waals surface area contributed by atoms with Crippen LogP contribution in [0.3, 0.4) is 0 Å². The average Bonchev–Trinajstić information content (AvgIpc) is 3.13. The van der Waals surface area contributed by atoms with E-state index in [1.54, 1.807) is 18.2 Å². The number of nitrogens with zero attached hydrogens (tertiary/aromatic N) is 1. The first-order valence-corrected chi connectivity index (χ1v) is 13.0. The standard InChI is InChI=1S/C28H29ClF3NO2/c29-24-12-18(17-2-1-3-23(11-17)28(30,31)32)4-5-19(24)10-20-6-7-33(26(20)34)25-21-8-16-9-22(25)15-27(35,13-16)14-21/h1-5,11-12,16,20-22,25,35H,6-10,13-15H2. The summed E-state index contributed by atoms with van der Waals surface area (Å²) in [7, 11) is 0. The zero-order valence-electron chi connectivity index (χ0n) is 19.4. The molecule has 0 spiro atoms. The Morgan fingerprint density at radius 1 is 1.03 bits per heavy atom. The molecule has 2 aromatic carbocycles. The van der Waals surface area contributed by atoms with Crippen LogP contribution >= 0.6 is 11.6 Å². The highest BCUT2D eigenvalue weighted by atomic mass is 35.5. The third-order valence-corrected chi connectivity index (χ3v) is 9.30. The van der Waals surface area contributed by atoms with Crippen LogP contribution in [0.1, 0.15) is 49.7 Å². The highest BCUT2D eigenvalue weighted by Crippen LogP contribution is 2.57. The normalized spacial score (nSPS) is 34.1. The van der Waals surface area contributed by atoms with Crippen LogP contribution in [0.15, 0.2) is 42.5 Å². The van der Waals surface area contributed by atoms with E-state index in [2.05, 4.69) is 4.90 Å². The van der Waals surface area contributed by atoms with Crippen molar-refractivity contribution in [1.29, 1.82) is 0 Å². The van der Waals surface area contributed by atoms with Crippen molar-refractivity contribution in [3.63, 3.8) is 0 Å². The lowest BCUT2D eigenvalue weighted by molar-refractivity contribution is -0.168. The molecule has 0 radical (unpaired) electrons. The summed E-state index contributed by atoms with van der Waals surface area (Å²) < 4.78 is 39.3. The largest absolute Gasteiger partial charge is 0.416 e. The maximum atomic E-state index is 13.5. The van der Waals surface area contributed by atoms with Crippen molar-refractivity contribution in [3.8, 4) is 11.1 Å². The second-order valence-corrected chi connectivity index (χ2v) is 11.7. The van der Waals surface area contributed by atoms with Gasteiger partial charge in [-0.2, -0.15) is 13.2 Å². The maximum Gasteiger partial charge on any atom is 0.416 e. The molecule has 1 saturated heterocycles. The first-order valence-electron chi connectivity index (χ1n) is 12.6. The van der Waals surface area contributed by atoms with Gasteiger partial charge >= 0.3 is 6.18 Å². The molecule has 1 N–H and O–H groups in total. The minimum atomic E-state index is -4.40. The fourth-order valence-electron chi connectivity index (χ4n) is 7.74. The summed E-state index contributed by atoms with van der Waals surface area (Å²) in [5.41, 5.74) is 0.728. The lowest BCUT2D eigenvalue weighted by Gasteiger charge is -2.59. The van der Waals surface area contributed by atoms with Gasteiger partial charge in [0.2, 0.25) is 5.91 Å². The summed E-state index contributed by atoms with van der Waals surface area (Å²) in [5, 5.41) is 11.4. The molecule has 7 rings (SSSR count). The number of hydrogen-bond donors (Lipinski definition) is 1. The fraction of sp³-hybridized carbons (Fsp3) is 0.536. The van der Waals surface area contributed by atoms with Gasteiger partial charge in [-0.1, -0.05) is 35.9 Å². The Bertz CT molecular complexity index is 1150. The topological polar surface area (TPSA) is 40.5 Å². The molecule has 35 heavy (non-hydrogen) atoms. The third-order valence-electron chi connectivity index (χ3n) is 8.94. The lowest BCUT2D eigenvalue weighted by atomic mass is 9.52. The van der Waals surface area contributed by atoms with E-state index >= 15 is 0 Å². The van der Waals surface area contributed by atoms with Gasteiger partial charge in [-0.05, 0) is 97.6 Å². The molecular weight excluding hydrogens is 475 g/mol. The highest BCUT2D eigenvalue weighted by Gasteiger charge is 2.57. The van der Waals surface area contributed by atoms with E-state index in [0.29, 0.717) is 40.3 Å². The molecule has 1 heterocycles. The molecule has 2 aromatic rings. The van der Waals surface area contributed by atoms with Gasteiger partial charge in [0.25, 0.3) is 0 Å². The van der Waals surface area contributed by atoms with E-state index in [0.717, 1.165) is 62.8 Å². The number of likely N-dealkylation sites (tertiary alicyclic amines) is 1. The summed E-state index contributed by atoms with van der Waals surface area (Å²) in [4.78, 5) is 15.6. The van der Waals surface area contributed by atoms with Crippen molar-refractivity contribution in [2.24, 2.45) is 23.7 Å². The van der Waals surface area contributed by atoms with Crippen LogP contribution in [0.25, 0.3) is 11.1 Å². The van der Waals surface area contributed by atoms with E-state index in [1.165, 1.54) is 6.07 Å². The smallest absolute Gasteiger partial charge is 0.390 e. The number of rotatable bonds is 4. The highest BCUT2D eigenvalue weighted by molar-refractivity contribution is 6.31. The Morgan fingerprint density at radius 3 is 2.40 bits per heavy atom. The first kappa shape index (κ1) is 23.4.